The Bertz CT molecular complexity index is 782. The lowest BCUT2D eigenvalue weighted by Crippen LogP contribution is -2.64. The molecular formula is C25H38N4O. The molecule has 5 aliphatic rings. The van der Waals surface area contributed by atoms with Crippen molar-refractivity contribution in [1.29, 1.82) is 0 Å². The zero-order valence-corrected chi connectivity index (χ0v) is 18.5. The number of fused-ring (bicyclic) bond motifs is 5. The summed E-state index contributed by atoms with van der Waals surface area (Å²) in [6.07, 6.45) is 17.2. The lowest BCUT2D eigenvalue weighted by Gasteiger charge is -2.57. The zero-order valence-electron chi connectivity index (χ0n) is 18.5. The summed E-state index contributed by atoms with van der Waals surface area (Å²) in [6, 6.07) is 1.42. The average Bonchev–Trinajstić information content (AvgIpc) is 3.41. The molecule has 4 heterocycles. The van der Waals surface area contributed by atoms with E-state index in [1.54, 1.807) is 0 Å². The molecule has 4 fully saturated rings. The van der Waals surface area contributed by atoms with E-state index in [-0.39, 0.29) is 5.91 Å². The number of likely N-dealkylation sites (tertiary alicyclic amines) is 1. The van der Waals surface area contributed by atoms with Gasteiger partial charge < -0.3 is 4.90 Å². The van der Waals surface area contributed by atoms with Gasteiger partial charge in [-0.3, -0.25) is 14.8 Å². The lowest BCUT2D eigenvalue weighted by molar-refractivity contribution is -0.0726. The van der Waals surface area contributed by atoms with Crippen LogP contribution in [0.3, 0.4) is 0 Å². The summed E-state index contributed by atoms with van der Waals surface area (Å²) in [5.74, 6) is 2.46. The van der Waals surface area contributed by atoms with Gasteiger partial charge in [-0.05, 0) is 69.2 Å². The molecule has 0 aromatic carbocycles. The molecule has 1 aromatic rings. The largest absolute Gasteiger partial charge is 0.337 e. The SMILES string of the molecule is O=C(c1n[nH]c2c1CCC2)N1C[C@H]2C[C@@H](C1)[C@H](CC1CCCCC1)N1CCCC[C@@H]21. The number of amides is 1. The molecule has 5 nitrogen and oxygen atoms in total. The van der Waals surface area contributed by atoms with E-state index >= 15 is 0 Å². The standard InChI is InChI=1S/C25H38N4O/c30-25(24-20-9-6-10-21(20)26-27-24)28-15-18-14-19(16-28)23(13-17-7-2-1-3-8-17)29-12-5-4-11-22(18)29/h17-19,22-23H,1-16H2,(H,26,27)/t18-,19+,22+,23+/m1/s1. The second kappa shape index (κ2) is 7.96. The van der Waals surface area contributed by atoms with Crippen LogP contribution in [0.5, 0.6) is 0 Å². The molecule has 0 unspecified atom stereocenters. The summed E-state index contributed by atoms with van der Waals surface area (Å²) in [5, 5.41) is 7.63. The Kier molecular flexibility index (Phi) is 5.13. The topological polar surface area (TPSA) is 52.2 Å². The first-order valence-corrected chi connectivity index (χ1v) is 12.9. The Morgan fingerprint density at radius 1 is 0.967 bits per heavy atom. The van der Waals surface area contributed by atoms with Gasteiger partial charge in [-0.25, -0.2) is 0 Å². The van der Waals surface area contributed by atoms with Crippen LogP contribution in [0.15, 0.2) is 0 Å². The quantitative estimate of drug-likeness (QED) is 0.813. The normalized spacial score (nSPS) is 34.6. The second-order valence-corrected chi connectivity index (χ2v) is 11.0. The molecule has 0 radical (unpaired) electrons. The van der Waals surface area contributed by atoms with Crippen LogP contribution in [-0.4, -0.2) is 57.6 Å². The highest BCUT2D eigenvalue weighted by Crippen LogP contribution is 2.44. The Hall–Kier alpha value is -1.36. The summed E-state index contributed by atoms with van der Waals surface area (Å²) in [4.78, 5) is 18.7. The van der Waals surface area contributed by atoms with E-state index in [1.807, 2.05) is 0 Å². The lowest BCUT2D eigenvalue weighted by atomic mass is 9.69. The minimum absolute atomic E-state index is 0.213. The van der Waals surface area contributed by atoms with Crippen molar-refractivity contribution in [3.8, 4) is 0 Å². The number of nitrogens with zero attached hydrogens (tertiary/aromatic N) is 3. The zero-order chi connectivity index (χ0) is 20.1. The minimum Gasteiger partial charge on any atom is -0.337 e. The van der Waals surface area contributed by atoms with Gasteiger partial charge in [0.1, 0.15) is 0 Å². The fourth-order valence-corrected chi connectivity index (χ4v) is 7.81. The van der Waals surface area contributed by atoms with Crippen molar-refractivity contribution >= 4 is 5.91 Å². The Balaban J connectivity index is 1.24. The van der Waals surface area contributed by atoms with Gasteiger partial charge in [0.15, 0.2) is 5.69 Å². The van der Waals surface area contributed by atoms with Gasteiger partial charge >= 0.3 is 0 Å². The van der Waals surface area contributed by atoms with Gasteiger partial charge in [0.05, 0.1) is 0 Å². The maximum atomic E-state index is 13.5. The van der Waals surface area contributed by atoms with Crippen LogP contribution in [0.4, 0.5) is 0 Å². The highest BCUT2D eigenvalue weighted by Gasteiger charge is 2.48. The van der Waals surface area contributed by atoms with Crippen LogP contribution in [0.2, 0.25) is 0 Å². The molecule has 4 atom stereocenters. The number of carbonyl (C=O) groups is 1. The van der Waals surface area contributed by atoms with Crippen molar-refractivity contribution in [1.82, 2.24) is 20.0 Å². The number of rotatable bonds is 3. The molecule has 0 spiro atoms. The van der Waals surface area contributed by atoms with Gasteiger partial charge in [-0.1, -0.05) is 38.5 Å². The first kappa shape index (κ1) is 19.3. The second-order valence-electron chi connectivity index (χ2n) is 11.0. The first-order valence-electron chi connectivity index (χ1n) is 12.9. The first-order chi connectivity index (χ1) is 14.8. The third-order valence-corrected chi connectivity index (χ3v) is 9.22. The van der Waals surface area contributed by atoms with Crippen molar-refractivity contribution < 1.29 is 4.79 Å². The molecule has 5 heteroatoms. The molecule has 30 heavy (non-hydrogen) atoms. The van der Waals surface area contributed by atoms with Gasteiger partial charge in [0, 0.05) is 36.4 Å². The van der Waals surface area contributed by atoms with Gasteiger partial charge in [0.25, 0.3) is 5.91 Å². The monoisotopic (exact) mass is 410 g/mol. The molecule has 164 valence electrons. The predicted octanol–water partition coefficient (Wildman–Crippen LogP) is 4.18. The number of hydrogen-bond donors (Lipinski definition) is 1. The van der Waals surface area contributed by atoms with Crippen molar-refractivity contribution in [3.63, 3.8) is 0 Å². The van der Waals surface area contributed by atoms with Crippen LogP contribution >= 0.6 is 0 Å². The summed E-state index contributed by atoms with van der Waals surface area (Å²) in [5.41, 5.74) is 3.17. The van der Waals surface area contributed by atoms with E-state index in [0.29, 0.717) is 23.9 Å². The number of aryl methyl sites for hydroxylation is 1. The van der Waals surface area contributed by atoms with Crippen LogP contribution in [0, 0.1) is 17.8 Å². The molecule has 2 aliphatic carbocycles. The van der Waals surface area contributed by atoms with Crippen molar-refractivity contribution in [2.24, 2.45) is 17.8 Å². The number of hydrogen-bond acceptors (Lipinski definition) is 3. The number of carbonyl (C=O) groups excluding carboxylic acids is 1. The highest BCUT2D eigenvalue weighted by atomic mass is 16.2. The molecule has 2 bridgehead atoms. The van der Waals surface area contributed by atoms with Gasteiger partial charge in [-0.15, -0.1) is 0 Å². The number of piperidine rings is 3. The van der Waals surface area contributed by atoms with Crippen molar-refractivity contribution in [3.05, 3.63) is 17.0 Å². The predicted molar refractivity (Wildman–Crippen MR) is 117 cm³/mol. The van der Waals surface area contributed by atoms with Gasteiger partial charge in [-0.2, -0.15) is 5.10 Å². The van der Waals surface area contributed by atoms with E-state index in [1.165, 1.54) is 82.0 Å². The molecular weight excluding hydrogens is 372 g/mol. The summed E-state index contributed by atoms with van der Waals surface area (Å²) >= 11 is 0. The Morgan fingerprint density at radius 3 is 2.70 bits per heavy atom. The highest BCUT2D eigenvalue weighted by molar-refractivity contribution is 5.94. The smallest absolute Gasteiger partial charge is 0.274 e. The van der Waals surface area contributed by atoms with E-state index < -0.39 is 0 Å². The van der Waals surface area contributed by atoms with E-state index in [0.717, 1.165) is 44.0 Å². The fraction of sp³-hybridized carbons (Fsp3) is 0.840. The average molecular weight is 411 g/mol. The van der Waals surface area contributed by atoms with Crippen LogP contribution in [0.25, 0.3) is 0 Å². The maximum absolute atomic E-state index is 13.5. The molecule has 1 saturated carbocycles. The molecule has 1 N–H and O–H groups in total. The molecule has 1 aromatic heterocycles. The number of H-pyrrole nitrogens is 1. The Labute approximate surface area is 181 Å². The van der Waals surface area contributed by atoms with Crippen LogP contribution < -0.4 is 0 Å². The van der Waals surface area contributed by atoms with Crippen molar-refractivity contribution in [2.45, 2.75) is 95.6 Å². The van der Waals surface area contributed by atoms with Crippen LogP contribution in [-0.2, 0) is 12.8 Å². The van der Waals surface area contributed by atoms with Crippen LogP contribution in [0.1, 0.15) is 92.4 Å². The van der Waals surface area contributed by atoms with Crippen molar-refractivity contribution in [2.75, 3.05) is 19.6 Å². The summed E-state index contributed by atoms with van der Waals surface area (Å²) in [6.45, 7) is 3.21. The molecule has 6 rings (SSSR count). The fourth-order valence-electron chi connectivity index (χ4n) is 7.81. The minimum atomic E-state index is 0.213. The van der Waals surface area contributed by atoms with E-state index in [9.17, 15) is 4.79 Å². The van der Waals surface area contributed by atoms with Gasteiger partial charge in [0.2, 0.25) is 0 Å². The third-order valence-electron chi connectivity index (χ3n) is 9.22. The number of aromatic amines is 1. The Morgan fingerprint density at radius 2 is 1.80 bits per heavy atom. The summed E-state index contributed by atoms with van der Waals surface area (Å²) in [7, 11) is 0. The molecule has 1 amide bonds. The third kappa shape index (κ3) is 3.32. The molecule has 3 aliphatic heterocycles. The van der Waals surface area contributed by atoms with E-state index in [2.05, 4.69) is 20.0 Å². The number of aromatic nitrogens is 2. The molecule has 3 saturated heterocycles. The van der Waals surface area contributed by atoms with E-state index in [4.69, 9.17) is 0 Å². The summed E-state index contributed by atoms with van der Waals surface area (Å²) < 4.78 is 0. The maximum Gasteiger partial charge on any atom is 0.274 e. The number of nitrogens with one attached hydrogen (secondary N) is 1.